The van der Waals surface area contributed by atoms with Gasteiger partial charge in [-0.25, -0.2) is 0 Å². The van der Waals surface area contributed by atoms with Crippen molar-refractivity contribution in [2.45, 2.75) is 13.0 Å². The molecule has 0 aliphatic carbocycles. The molecule has 0 heterocycles. The van der Waals surface area contributed by atoms with E-state index < -0.39 is 11.9 Å². The first-order valence-corrected chi connectivity index (χ1v) is 7.02. The summed E-state index contributed by atoms with van der Waals surface area (Å²) in [5.41, 5.74) is 7.00. The van der Waals surface area contributed by atoms with Crippen LogP contribution in [0.3, 0.4) is 0 Å². The van der Waals surface area contributed by atoms with Crippen molar-refractivity contribution >= 4 is 23.2 Å². The molecular weight excluding hydrogens is 288 g/mol. The molecule has 110 valence electrons. The van der Waals surface area contributed by atoms with E-state index in [4.69, 9.17) is 22.1 Å². The lowest BCUT2D eigenvalue weighted by Gasteiger charge is -2.20. The molecule has 4 nitrogen and oxygen atoms in total. The summed E-state index contributed by atoms with van der Waals surface area (Å²) in [6, 6.07) is 13.7. The van der Waals surface area contributed by atoms with Crippen molar-refractivity contribution in [3.05, 3.63) is 59.1 Å². The van der Waals surface area contributed by atoms with Crippen LogP contribution in [0.5, 0.6) is 5.75 Å². The molecule has 5 heteroatoms. The first-order valence-electron chi connectivity index (χ1n) is 6.65. The van der Waals surface area contributed by atoms with Gasteiger partial charge in [0.1, 0.15) is 11.8 Å². The normalized spacial score (nSPS) is 11.7. The maximum Gasteiger partial charge on any atom is 0.244 e. The van der Waals surface area contributed by atoms with Gasteiger partial charge in [-0.05, 0) is 37.3 Å². The Morgan fingerprint density at radius 3 is 2.52 bits per heavy atom. The lowest BCUT2D eigenvalue weighted by atomic mass is 10.0. The number of hydrogen-bond donors (Lipinski definition) is 2. The minimum absolute atomic E-state index is 0.475. The molecule has 0 saturated heterocycles. The predicted octanol–water partition coefficient (Wildman–Crippen LogP) is 3.38. The Balaban J connectivity index is 2.31. The number of rotatable bonds is 6. The van der Waals surface area contributed by atoms with Crippen LogP contribution in [0.1, 0.15) is 18.5 Å². The molecule has 0 saturated carbocycles. The number of carbonyl (C=O) groups is 1. The number of primary amides is 1. The van der Waals surface area contributed by atoms with Gasteiger partial charge in [-0.3, -0.25) is 4.79 Å². The number of benzene rings is 2. The van der Waals surface area contributed by atoms with Crippen LogP contribution in [0.2, 0.25) is 5.02 Å². The van der Waals surface area contributed by atoms with E-state index >= 15 is 0 Å². The summed E-state index contributed by atoms with van der Waals surface area (Å²) < 4.78 is 5.56. The highest BCUT2D eigenvalue weighted by atomic mass is 35.5. The number of nitrogens with two attached hydrogens (primary N) is 1. The molecule has 21 heavy (non-hydrogen) atoms. The molecule has 1 unspecified atom stereocenters. The van der Waals surface area contributed by atoms with Crippen LogP contribution < -0.4 is 15.8 Å². The highest BCUT2D eigenvalue weighted by molar-refractivity contribution is 6.30. The first-order chi connectivity index (χ1) is 10.1. The second-order valence-electron chi connectivity index (χ2n) is 4.46. The smallest absolute Gasteiger partial charge is 0.244 e. The maximum absolute atomic E-state index is 11.8. The summed E-state index contributed by atoms with van der Waals surface area (Å²) in [4.78, 5) is 11.8. The molecular formula is C16H17ClN2O2. The summed E-state index contributed by atoms with van der Waals surface area (Å²) in [6.07, 6.45) is 0. The molecule has 0 aliphatic heterocycles. The van der Waals surface area contributed by atoms with Crippen LogP contribution in [0.15, 0.2) is 48.5 Å². The average molecular weight is 305 g/mol. The number of halogens is 1. The van der Waals surface area contributed by atoms with Gasteiger partial charge in [-0.15, -0.1) is 0 Å². The third kappa shape index (κ3) is 3.89. The number of ether oxygens (including phenoxy) is 1. The van der Waals surface area contributed by atoms with Gasteiger partial charge in [0.25, 0.3) is 0 Å². The van der Waals surface area contributed by atoms with Gasteiger partial charge in [0.15, 0.2) is 0 Å². The van der Waals surface area contributed by atoms with Gasteiger partial charge >= 0.3 is 0 Å². The number of amides is 1. The zero-order valence-corrected chi connectivity index (χ0v) is 12.4. The summed E-state index contributed by atoms with van der Waals surface area (Å²) in [5, 5.41) is 3.74. The minimum Gasteiger partial charge on any atom is -0.494 e. The molecule has 1 amide bonds. The predicted molar refractivity (Wildman–Crippen MR) is 84.6 cm³/mol. The van der Waals surface area contributed by atoms with Gasteiger partial charge in [0, 0.05) is 16.3 Å². The minimum atomic E-state index is -0.672. The van der Waals surface area contributed by atoms with Gasteiger partial charge in [-0.2, -0.15) is 0 Å². The molecule has 3 N–H and O–H groups in total. The quantitative estimate of drug-likeness (QED) is 0.860. The van der Waals surface area contributed by atoms with Crippen molar-refractivity contribution < 1.29 is 9.53 Å². The van der Waals surface area contributed by atoms with Crippen molar-refractivity contribution in [1.82, 2.24) is 0 Å². The van der Waals surface area contributed by atoms with E-state index in [1.54, 1.807) is 24.3 Å². The standard InChI is InChI=1S/C16H17ClN2O2/c1-2-21-14-6-4-3-5-13(14)15(16(18)20)19-12-9-7-11(17)8-10-12/h3-10,15,19H,2H2,1H3,(H2,18,20). The Kier molecular flexibility index (Phi) is 5.06. The van der Waals surface area contributed by atoms with Crippen molar-refractivity contribution in [1.29, 1.82) is 0 Å². The van der Waals surface area contributed by atoms with Crippen molar-refractivity contribution in [3.63, 3.8) is 0 Å². The largest absolute Gasteiger partial charge is 0.494 e. The molecule has 0 spiro atoms. The number of anilines is 1. The molecule has 0 fully saturated rings. The lowest BCUT2D eigenvalue weighted by molar-refractivity contribution is -0.118. The Bertz CT molecular complexity index is 614. The summed E-state index contributed by atoms with van der Waals surface area (Å²) >= 11 is 5.85. The first kappa shape index (κ1) is 15.2. The molecule has 0 aliphatic rings. The van der Waals surface area contributed by atoms with E-state index in [0.717, 1.165) is 5.69 Å². The van der Waals surface area contributed by atoms with E-state index in [0.29, 0.717) is 22.9 Å². The average Bonchev–Trinajstić information content (AvgIpc) is 2.47. The summed E-state index contributed by atoms with van der Waals surface area (Å²) in [6.45, 7) is 2.41. The van der Waals surface area contributed by atoms with E-state index in [2.05, 4.69) is 5.32 Å². The van der Waals surface area contributed by atoms with Crippen molar-refractivity contribution in [2.24, 2.45) is 5.73 Å². The van der Waals surface area contributed by atoms with Gasteiger partial charge in [-0.1, -0.05) is 29.8 Å². The fourth-order valence-electron chi connectivity index (χ4n) is 2.02. The van der Waals surface area contributed by atoms with E-state index in [-0.39, 0.29) is 0 Å². The summed E-state index contributed by atoms with van der Waals surface area (Å²) in [5.74, 6) is 0.169. The fourth-order valence-corrected chi connectivity index (χ4v) is 2.15. The van der Waals surface area contributed by atoms with Gasteiger partial charge < -0.3 is 15.8 Å². The van der Waals surface area contributed by atoms with Crippen LogP contribution >= 0.6 is 11.6 Å². The van der Waals surface area contributed by atoms with E-state index in [1.165, 1.54) is 0 Å². The lowest BCUT2D eigenvalue weighted by Crippen LogP contribution is -2.28. The Morgan fingerprint density at radius 2 is 1.90 bits per heavy atom. The second-order valence-corrected chi connectivity index (χ2v) is 4.89. The molecule has 0 aromatic heterocycles. The Labute approximate surface area is 128 Å². The second kappa shape index (κ2) is 6.99. The van der Waals surface area contributed by atoms with E-state index in [1.807, 2.05) is 31.2 Å². The molecule has 0 radical (unpaired) electrons. The zero-order valence-electron chi connectivity index (χ0n) is 11.7. The molecule has 1 atom stereocenters. The monoisotopic (exact) mass is 304 g/mol. The van der Waals surface area contributed by atoms with Gasteiger partial charge in [0.2, 0.25) is 5.91 Å². The molecule has 2 aromatic rings. The number of nitrogens with one attached hydrogen (secondary N) is 1. The van der Waals surface area contributed by atoms with Crippen LogP contribution in [-0.4, -0.2) is 12.5 Å². The van der Waals surface area contributed by atoms with Crippen LogP contribution in [0, 0.1) is 0 Å². The topological polar surface area (TPSA) is 64.3 Å². The van der Waals surface area contributed by atoms with E-state index in [9.17, 15) is 4.79 Å². The van der Waals surface area contributed by atoms with Gasteiger partial charge in [0.05, 0.1) is 6.61 Å². The Hall–Kier alpha value is -2.20. The van der Waals surface area contributed by atoms with Crippen molar-refractivity contribution in [3.8, 4) is 5.75 Å². The third-order valence-corrected chi connectivity index (χ3v) is 3.22. The highest BCUT2D eigenvalue weighted by Gasteiger charge is 2.21. The fraction of sp³-hybridized carbons (Fsp3) is 0.188. The van der Waals surface area contributed by atoms with Crippen LogP contribution in [0.4, 0.5) is 5.69 Å². The summed E-state index contributed by atoms with van der Waals surface area (Å²) in [7, 11) is 0. The third-order valence-electron chi connectivity index (χ3n) is 2.97. The van der Waals surface area contributed by atoms with Crippen LogP contribution in [-0.2, 0) is 4.79 Å². The zero-order chi connectivity index (χ0) is 15.2. The Morgan fingerprint density at radius 1 is 1.24 bits per heavy atom. The van der Waals surface area contributed by atoms with Crippen molar-refractivity contribution in [2.75, 3.05) is 11.9 Å². The highest BCUT2D eigenvalue weighted by Crippen LogP contribution is 2.28. The molecule has 2 rings (SSSR count). The number of carbonyl (C=O) groups excluding carboxylic acids is 1. The van der Waals surface area contributed by atoms with Crippen LogP contribution in [0.25, 0.3) is 0 Å². The SMILES string of the molecule is CCOc1ccccc1C(Nc1ccc(Cl)cc1)C(N)=O. The molecule has 2 aromatic carbocycles. The number of hydrogen-bond acceptors (Lipinski definition) is 3. The molecule has 0 bridgehead atoms. The maximum atomic E-state index is 11.8. The number of para-hydroxylation sites is 1.